The van der Waals surface area contributed by atoms with Gasteiger partial charge in [-0.1, -0.05) is 26.7 Å². The van der Waals surface area contributed by atoms with Gasteiger partial charge in [-0.15, -0.1) is 0 Å². The minimum atomic E-state index is -0.118. The number of hydrogen-bond donors (Lipinski definition) is 1. The van der Waals surface area contributed by atoms with E-state index >= 15 is 0 Å². The third-order valence-corrected chi connectivity index (χ3v) is 5.55. The molecule has 0 radical (unpaired) electrons. The lowest BCUT2D eigenvalue weighted by Crippen LogP contribution is -2.46. The highest BCUT2D eigenvalue weighted by Crippen LogP contribution is 2.33. The van der Waals surface area contributed by atoms with Crippen molar-refractivity contribution < 1.29 is 9.59 Å². The first-order chi connectivity index (χ1) is 9.56. The summed E-state index contributed by atoms with van der Waals surface area (Å²) in [4.78, 5) is 26.3. The quantitative estimate of drug-likeness (QED) is 0.857. The molecule has 3 aliphatic rings. The minimum Gasteiger partial charge on any atom is -0.353 e. The minimum absolute atomic E-state index is 0.104. The lowest BCUT2D eigenvalue weighted by molar-refractivity contribution is -0.129. The van der Waals surface area contributed by atoms with E-state index < -0.39 is 0 Å². The Morgan fingerprint density at radius 2 is 1.95 bits per heavy atom. The van der Waals surface area contributed by atoms with Gasteiger partial charge in [-0.25, -0.2) is 0 Å². The summed E-state index contributed by atoms with van der Waals surface area (Å²) < 4.78 is 0. The molecule has 0 aromatic carbocycles. The van der Waals surface area contributed by atoms with Crippen LogP contribution < -0.4 is 5.32 Å². The average Bonchev–Trinajstić information content (AvgIpc) is 3.18. The van der Waals surface area contributed by atoms with E-state index in [1.807, 2.05) is 4.90 Å². The van der Waals surface area contributed by atoms with Crippen LogP contribution in [0.25, 0.3) is 0 Å². The van der Waals surface area contributed by atoms with Crippen molar-refractivity contribution in [3.63, 3.8) is 0 Å². The van der Waals surface area contributed by atoms with Crippen molar-refractivity contribution in [1.29, 1.82) is 0 Å². The molecule has 2 aliphatic carbocycles. The van der Waals surface area contributed by atoms with Gasteiger partial charge in [0, 0.05) is 25.0 Å². The fraction of sp³-hybridized carbons (Fsp3) is 0.875. The molecule has 1 saturated heterocycles. The molecule has 1 heterocycles. The summed E-state index contributed by atoms with van der Waals surface area (Å²) in [5.41, 5.74) is 0. The normalized spacial score (nSPS) is 38.1. The molecule has 20 heavy (non-hydrogen) atoms. The molecule has 4 atom stereocenters. The number of likely N-dealkylation sites (tertiary alicyclic amines) is 1. The van der Waals surface area contributed by atoms with E-state index in [1.165, 1.54) is 12.8 Å². The van der Waals surface area contributed by atoms with E-state index in [0.717, 1.165) is 19.3 Å². The first-order valence-corrected chi connectivity index (χ1v) is 8.16. The molecule has 3 fully saturated rings. The van der Waals surface area contributed by atoms with Crippen molar-refractivity contribution >= 4 is 11.8 Å². The zero-order valence-electron chi connectivity index (χ0n) is 12.6. The van der Waals surface area contributed by atoms with Crippen LogP contribution in [0.2, 0.25) is 0 Å². The monoisotopic (exact) mass is 278 g/mol. The van der Waals surface area contributed by atoms with E-state index in [0.29, 0.717) is 36.9 Å². The number of amides is 2. The predicted molar refractivity (Wildman–Crippen MR) is 77.0 cm³/mol. The number of carbonyl (C=O) groups excluding carboxylic acids is 2. The van der Waals surface area contributed by atoms with Crippen molar-refractivity contribution in [2.45, 2.75) is 64.5 Å². The predicted octanol–water partition coefficient (Wildman–Crippen LogP) is 1.94. The molecule has 3 rings (SSSR count). The van der Waals surface area contributed by atoms with Gasteiger partial charge in [0.1, 0.15) is 0 Å². The Morgan fingerprint density at radius 1 is 1.20 bits per heavy atom. The third-order valence-electron chi connectivity index (χ3n) is 5.55. The Bertz CT molecular complexity index is 405. The van der Waals surface area contributed by atoms with Gasteiger partial charge in [0.05, 0.1) is 5.92 Å². The van der Waals surface area contributed by atoms with Gasteiger partial charge in [0.15, 0.2) is 0 Å². The van der Waals surface area contributed by atoms with Gasteiger partial charge in [0.25, 0.3) is 0 Å². The van der Waals surface area contributed by atoms with E-state index in [2.05, 4.69) is 19.2 Å². The summed E-state index contributed by atoms with van der Waals surface area (Å²) >= 11 is 0. The Kier molecular flexibility index (Phi) is 3.74. The summed E-state index contributed by atoms with van der Waals surface area (Å²) in [6.45, 7) is 5.16. The van der Waals surface area contributed by atoms with Crippen LogP contribution in [0.5, 0.6) is 0 Å². The lowest BCUT2D eigenvalue weighted by Gasteiger charge is -2.35. The summed E-state index contributed by atoms with van der Waals surface area (Å²) in [5.74, 6) is 1.39. The lowest BCUT2D eigenvalue weighted by atomic mass is 9.78. The third kappa shape index (κ3) is 2.70. The SMILES string of the molecule is C[C@@H]1[C@H](C)CCC[C@@H]1NC(=O)[C@@H]1CC(=O)N(C2CC2)C1. The fourth-order valence-corrected chi connectivity index (χ4v) is 3.73. The standard InChI is InChI=1S/C16H26N2O2/c1-10-4-3-5-14(11(10)2)17-16(20)12-8-15(19)18(9-12)13-6-7-13/h10-14H,3-9H2,1-2H3,(H,17,20)/t10-,11-,12-,14+/m1/s1. The van der Waals surface area contributed by atoms with Crippen molar-refractivity contribution in [2.75, 3.05) is 6.54 Å². The molecule has 0 bridgehead atoms. The highest BCUT2D eigenvalue weighted by atomic mass is 16.2. The topological polar surface area (TPSA) is 49.4 Å². The molecule has 4 nitrogen and oxygen atoms in total. The van der Waals surface area contributed by atoms with Crippen LogP contribution in [0.4, 0.5) is 0 Å². The van der Waals surface area contributed by atoms with E-state index in [-0.39, 0.29) is 17.7 Å². The molecule has 1 N–H and O–H groups in total. The molecule has 2 saturated carbocycles. The van der Waals surface area contributed by atoms with Crippen molar-refractivity contribution in [3.8, 4) is 0 Å². The van der Waals surface area contributed by atoms with Gasteiger partial charge in [-0.05, 0) is 31.1 Å². The summed E-state index contributed by atoms with van der Waals surface area (Å²) in [6, 6.07) is 0.741. The molecule has 0 aromatic heterocycles. The molecule has 4 heteroatoms. The fourth-order valence-electron chi connectivity index (χ4n) is 3.73. The Labute approximate surface area is 121 Å². The van der Waals surface area contributed by atoms with Gasteiger partial charge >= 0.3 is 0 Å². The van der Waals surface area contributed by atoms with E-state index in [9.17, 15) is 9.59 Å². The van der Waals surface area contributed by atoms with Crippen molar-refractivity contribution in [1.82, 2.24) is 10.2 Å². The smallest absolute Gasteiger partial charge is 0.225 e. The van der Waals surface area contributed by atoms with Crippen LogP contribution in [0.3, 0.4) is 0 Å². The molecule has 112 valence electrons. The maximum absolute atomic E-state index is 12.4. The summed E-state index contributed by atoms with van der Waals surface area (Å²) in [7, 11) is 0. The largest absolute Gasteiger partial charge is 0.353 e. The number of rotatable bonds is 3. The molecular formula is C16H26N2O2. The Hall–Kier alpha value is -1.06. The first-order valence-electron chi connectivity index (χ1n) is 8.16. The molecule has 0 unspecified atom stereocenters. The van der Waals surface area contributed by atoms with Crippen LogP contribution in [0.15, 0.2) is 0 Å². The number of carbonyl (C=O) groups is 2. The first kappa shape index (κ1) is 13.9. The van der Waals surface area contributed by atoms with E-state index in [4.69, 9.17) is 0 Å². The second-order valence-electron chi connectivity index (χ2n) is 7.06. The molecule has 0 spiro atoms. The van der Waals surface area contributed by atoms with Crippen LogP contribution >= 0.6 is 0 Å². The number of nitrogens with zero attached hydrogens (tertiary/aromatic N) is 1. The van der Waals surface area contributed by atoms with Gasteiger partial charge in [0.2, 0.25) is 11.8 Å². The Balaban J connectivity index is 1.55. The molecular weight excluding hydrogens is 252 g/mol. The van der Waals surface area contributed by atoms with Gasteiger partial charge in [-0.2, -0.15) is 0 Å². The van der Waals surface area contributed by atoms with E-state index in [1.54, 1.807) is 0 Å². The Morgan fingerprint density at radius 3 is 2.65 bits per heavy atom. The molecule has 2 amide bonds. The molecule has 1 aliphatic heterocycles. The van der Waals surface area contributed by atoms with Gasteiger partial charge < -0.3 is 10.2 Å². The maximum Gasteiger partial charge on any atom is 0.225 e. The van der Waals surface area contributed by atoms with Crippen LogP contribution in [-0.4, -0.2) is 35.3 Å². The second-order valence-corrected chi connectivity index (χ2v) is 7.06. The number of nitrogens with one attached hydrogen (secondary N) is 1. The van der Waals surface area contributed by atoms with Crippen LogP contribution in [0.1, 0.15) is 52.4 Å². The zero-order chi connectivity index (χ0) is 14.3. The van der Waals surface area contributed by atoms with Gasteiger partial charge in [-0.3, -0.25) is 9.59 Å². The summed E-state index contributed by atoms with van der Waals surface area (Å²) in [5, 5.41) is 3.22. The van der Waals surface area contributed by atoms with Crippen molar-refractivity contribution in [2.24, 2.45) is 17.8 Å². The summed E-state index contributed by atoms with van der Waals surface area (Å²) in [6.07, 6.45) is 6.22. The highest BCUT2D eigenvalue weighted by molar-refractivity contribution is 5.89. The second kappa shape index (κ2) is 5.38. The maximum atomic E-state index is 12.4. The highest BCUT2D eigenvalue weighted by Gasteiger charge is 2.42. The molecule has 0 aromatic rings. The van der Waals surface area contributed by atoms with Crippen LogP contribution in [-0.2, 0) is 9.59 Å². The van der Waals surface area contributed by atoms with Crippen LogP contribution in [0, 0.1) is 17.8 Å². The zero-order valence-corrected chi connectivity index (χ0v) is 12.6. The number of hydrogen-bond acceptors (Lipinski definition) is 2. The van der Waals surface area contributed by atoms with Crippen molar-refractivity contribution in [3.05, 3.63) is 0 Å². The average molecular weight is 278 g/mol.